The van der Waals surface area contributed by atoms with Gasteiger partial charge in [-0.15, -0.1) is 0 Å². The van der Waals surface area contributed by atoms with Gasteiger partial charge in [0.05, 0.1) is 15.5 Å². The molecule has 1 aromatic heterocycles. The van der Waals surface area contributed by atoms with Crippen LogP contribution >= 0.6 is 11.6 Å². The third-order valence-electron chi connectivity index (χ3n) is 5.35. The van der Waals surface area contributed by atoms with Crippen LogP contribution in [0, 0.1) is 10.1 Å². The molecule has 1 saturated heterocycles. The highest BCUT2D eigenvalue weighted by Crippen LogP contribution is 2.35. The molecule has 8 nitrogen and oxygen atoms in total. The first-order chi connectivity index (χ1) is 14.9. The SMILES string of the molecule is CN1CCN(Cc2cc(Cl)c3cccnc3c2OC(=O)c2cccc([N+](=O)[O-])c2)CC1. The third-order valence-corrected chi connectivity index (χ3v) is 5.66. The van der Waals surface area contributed by atoms with E-state index in [0.717, 1.165) is 31.7 Å². The second-order valence-corrected chi connectivity index (χ2v) is 7.93. The van der Waals surface area contributed by atoms with Crippen LogP contribution in [-0.4, -0.2) is 58.9 Å². The van der Waals surface area contributed by atoms with E-state index in [1.54, 1.807) is 18.3 Å². The van der Waals surface area contributed by atoms with Crippen molar-refractivity contribution in [2.75, 3.05) is 33.2 Å². The lowest BCUT2D eigenvalue weighted by Crippen LogP contribution is -2.43. The standard InChI is InChI=1S/C22H21ClN4O4/c1-25-8-10-26(11-9-25)14-16-13-19(23)18-6-3-7-24-20(18)21(16)31-22(28)15-4-2-5-17(12-15)27(29)30/h2-7,12-13H,8-11,14H2,1H3. The largest absolute Gasteiger partial charge is 0.420 e. The van der Waals surface area contributed by atoms with Gasteiger partial charge in [-0.25, -0.2) is 4.79 Å². The first-order valence-corrected chi connectivity index (χ1v) is 10.2. The van der Waals surface area contributed by atoms with Gasteiger partial charge in [0.25, 0.3) is 5.69 Å². The summed E-state index contributed by atoms with van der Waals surface area (Å²) in [6.45, 7) is 4.21. The van der Waals surface area contributed by atoms with Crippen LogP contribution in [0.5, 0.6) is 5.75 Å². The van der Waals surface area contributed by atoms with Crippen molar-refractivity contribution >= 4 is 34.2 Å². The Balaban J connectivity index is 1.71. The van der Waals surface area contributed by atoms with Crippen LogP contribution in [-0.2, 0) is 6.54 Å². The topological polar surface area (TPSA) is 88.8 Å². The number of ether oxygens (including phenoxy) is 1. The predicted octanol–water partition coefficient (Wildman–Crippen LogP) is 3.76. The van der Waals surface area contributed by atoms with Crippen LogP contribution in [0.4, 0.5) is 5.69 Å². The van der Waals surface area contributed by atoms with Gasteiger partial charge >= 0.3 is 5.97 Å². The molecule has 0 amide bonds. The molecule has 0 N–H and O–H groups in total. The zero-order valence-corrected chi connectivity index (χ0v) is 17.7. The van der Waals surface area contributed by atoms with Crippen LogP contribution in [0.3, 0.4) is 0 Å². The molecule has 4 rings (SSSR count). The molecule has 0 saturated carbocycles. The molecule has 9 heteroatoms. The van der Waals surface area contributed by atoms with Crippen LogP contribution in [0.25, 0.3) is 10.9 Å². The van der Waals surface area contributed by atoms with Gasteiger partial charge in [0.15, 0.2) is 5.75 Å². The normalized spacial score (nSPS) is 15.2. The number of carbonyl (C=O) groups is 1. The van der Waals surface area contributed by atoms with E-state index in [1.807, 2.05) is 6.07 Å². The summed E-state index contributed by atoms with van der Waals surface area (Å²) in [6, 6.07) is 10.9. The fourth-order valence-electron chi connectivity index (χ4n) is 3.60. The van der Waals surface area contributed by atoms with E-state index in [4.69, 9.17) is 16.3 Å². The highest BCUT2D eigenvalue weighted by atomic mass is 35.5. The number of rotatable bonds is 5. The Kier molecular flexibility index (Phi) is 6.13. The quantitative estimate of drug-likeness (QED) is 0.258. The molecule has 0 aliphatic carbocycles. The number of pyridine rings is 1. The molecule has 31 heavy (non-hydrogen) atoms. The number of benzene rings is 2. The van der Waals surface area contributed by atoms with Gasteiger partial charge in [-0.05, 0) is 31.3 Å². The van der Waals surface area contributed by atoms with E-state index in [0.29, 0.717) is 28.2 Å². The maximum atomic E-state index is 12.9. The fraction of sp³-hybridized carbons (Fsp3) is 0.273. The average Bonchev–Trinajstić information content (AvgIpc) is 2.78. The highest BCUT2D eigenvalue weighted by Gasteiger charge is 2.22. The van der Waals surface area contributed by atoms with E-state index in [1.165, 1.54) is 24.3 Å². The molecule has 3 aromatic rings. The minimum Gasteiger partial charge on any atom is -0.420 e. The second kappa shape index (κ2) is 8.97. The van der Waals surface area contributed by atoms with Crippen molar-refractivity contribution in [2.24, 2.45) is 0 Å². The second-order valence-electron chi connectivity index (χ2n) is 7.52. The molecule has 0 bridgehead atoms. The number of aromatic nitrogens is 1. The lowest BCUT2D eigenvalue weighted by molar-refractivity contribution is -0.384. The highest BCUT2D eigenvalue weighted by molar-refractivity contribution is 6.35. The minimum absolute atomic E-state index is 0.0961. The Morgan fingerprint density at radius 2 is 1.97 bits per heavy atom. The molecule has 1 aliphatic rings. The zero-order chi connectivity index (χ0) is 22.0. The van der Waals surface area contributed by atoms with Crippen LogP contribution in [0.2, 0.25) is 5.02 Å². The first-order valence-electron chi connectivity index (χ1n) is 9.86. The number of piperazine rings is 1. The number of carbonyl (C=O) groups excluding carboxylic acids is 1. The molecular formula is C22H21ClN4O4. The van der Waals surface area contributed by atoms with E-state index in [-0.39, 0.29) is 11.3 Å². The summed E-state index contributed by atoms with van der Waals surface area (Å²) in [6.07, 6.45) is 1.61. The smallest absolute Gasteiger partial charge is 0.343 e. The number of likely N-dealkylation sites (N-methyl/N-ethyl adjacent to an activating group) is 1. The Hall–Kier alpha value is -3.07. The zero-order valence-electron chi connectivity index (χ0n) is 17.0. The number of esters is 1. The van der Waals surface area contributed by atoms with Crippen LogP contribution < -0.4 is 4.74 Å². The maximum Gasteiger partial charge on any atom is 0.343 e. The van der Waals surface area contributed by atoms with E-state index >= 15 is 0 Å². The molecule has 0 atom stereocenters. The average molecular weight is 441 g/mol. The lowest BCUT2D eigenvalue weighted by atomic mass is 10.1. The summed E-state index contributed by atoms with van der Waals surface area (Å²) in [5.74, 6) is -0.354. The van der Waals surface area contributed by atoms with E-state index in [9.17, 15) is 14.9 Å². The van der Waals surface area contributed by atoms with Crippen LogP contribution in [0.1, 0.15) is 15.9 Å². The summed E-state index contributed by atoms with van der Waals surface area (Å²) < 4.78 is 5.78. The number of fused-ring (bicyclic) bond motifs is 1. The van der Waals surface area contributed by atoms with Crippen LogP contribution in [0.15, 0.2) is 48.7 Å². The molecule has 160 valence electrons. The molecule has 2 aromatic carbocycles. The van der Waals surface area contributed by atoms with Gasteiger partial charge < -0.3 is 9.64 Å². The lowest BCUT2D eigenvalue weighted by Gasteiger charge is -2.32. The molecule has 1 aliphatic heterocycles. The number of nitrogens with zero attached hydrogens (tertiary/aromatic N) is 4. The Labute approximate surface area is 184 Å². The number of non-ortho nitro benzene ring substituents is 1. The molecule has 2 heterocycles. The minimum atomic E-state index is -0.683. The van der Waals surface area contributed by atoms with Crippen molar-refractivity contribution < 1.29 is 14.5 Å². The van der Waals surface area contributed by atoms with Crippen molar-refractivity contribution in [1.82, 2.24) is 14.8 Å². The van der Waals surface area contributed by atoms with Gasteiger partial charge in [-0.3, -0.25) is 20.0 Å². The molecule has 1 fully saturated rings. The van der Waals surface area contributed by atoms with Gasteiger partial charge in [-0.2, -0.15) is 0 Å². The van der Waals surface area contributed by atoms with Crippen molar-refractivity contribution in [2.45, 2.75) is 6.54 Å². The molecular weight excluding hydrogens is 420 g/mol. The first kappa shape index (κ1) is 21.2. The monoisotopic (exact) mass is 440 g/mol. The van der Waals surface area contributed by atoms with Crippen molar-refractivity contribution in [3.63, 3.8) is 0 Å². The maximum absolute atomic E-state index is 12.9. The Morgan fingerprint density at radius 3 is 2.71 bits per heavy atom. The fourth-order valence-corrected chi connectivity index (χ4v) is 3.89. The Bertz CT molecular complexity index is 1150. The van der Waals surface area contributed by atoms with E-state index < -0.39 is 10.9 Å². The summed E-state index contributed by atoms with van der Waals surface area (Å²) in [5.41, 5.74) is 1.16. The van der Waals surface area contributed by atoms with Crippen molar-refractivity contribution in [1.29, 1.82) is 0 Å². The van der Waals surface area contributed by atoms with Gasteiger partial charge in [-0.1, -0.05) is 17.7 Å². The summed E-state index contributed by atoms with van der Waals surface area (Å²) in [4.78, 5) is 32.3. The molecule has 0 spiro atoms. The molecule has 0 unspecified atom stereocenters. The van der Waals surface area contributed by atoms with Gasteiger partial charge in [0.1, 0.15) is 5.52 Å². The van der Waals surface area contributed by atoms with E-state index in [2.05, 4.69) is 21.8 Å². The molecule has 0 radical (unpaired) electrons. The number of nitro groups is 1. The Morgan fingerprint density at radius 1 is 1.19 bits per heavy atom. The number of hydrogen-bond donors (Lipinski definition) is 0. The van der Waals surface area contributed by atoms with Gasteiger partial charge in [0.2, 0.25) is 0 Å². The predicted molar refractivity (Wildman–Crippen MR) is 118 cm³/mol. The third kappa shape index (κ3) is 4.66. The summed E-state index contributed by atoms with van der Waals surface area (Å²) in [5, 5.41) is 12.3. The van der Waals surface area contributed by atoms with Crippen molar-refractivity contribution in [3.8, 4) is 5.75 Å². The number of halogens is 1. The van der Waals surface area contributed by atoms with Gasteiger partial charge in [0, 0.05) is 62.0 Å². The number of hydrogen-bond acceptors (Lipinski definition) is 7. The van der Waals surface area contributed by atoms with Crippen molar-refractivity contribution in [3.05, 3.63) is 74.9 Å². The summed E-state index contributed by atoms with van der Waals surface area (Å²) >= 11 is 6.50. The summed E-state index contributed by atoms with van der Waals surface area (Å²) in [7, 11) is 2.08. The number of nitro benzene ring substituents is 1.